The Labute approximate surface area is 118 Å². The highest BCUT2D eigenvalue weighted by molar-refractivity contribution is 5.79. The van der Waals surface area contributed by atoms with E-state index in [0.717, 1.165) is 5.56 Å². The van der Waals surface area contributed by atoms with Crippen LogP contribution in [-0.2, 0) is 16.1 Å². The number of rotatable bonds is 6. The lowest BCUT2D eigenvalue weighted by Crippen LogP contribution is -2.52. The molecule has 1 amide bonds. The Bertz CT molecular complexity index is 454. The van der Waals surface area contributed by atoms with Crippen LogP contribution in [0.1, 0.15) is 5.56 Å². The number of amides is 1. The number of nitrogens with zero attached hydrogens (tertiary/aromatic N) is 1. The van der Waals surface area contributed by atoms with Gasteiger partial charge in [0.25, 0.3) is 0 Å². The van der Waals surface area contributed by atoms with E-state index in [4.69, 9.17) is 9.84 Å². The van der Waals surface area contributed by atoms with E-state index >= 15 is 0 Å². The molecule has 1 aromatic carbocycles. The first-order valence-electron chi connectivity index (χ1n) is 6.28. The minimum absolute atomic E-state index is 0.114. The molecule has 6 nitrogen and oxygen atoms in total. The number of carbonyl (C=O) groups excluding carboxylic acids is 1. The largest absolute Gasteiger partial charge is 0.480 e. The Balaban J connectivity index is 2.48. The van der Waals surface area contributed by atoms with Crippen molar-refractivity contribution in [3.8, 4) is 0 Å². The first kappa shape index (κ1) is 16.0. The zero-order valence-electron chi connectivity index (χ0n) is 12.0. The van der Waals surface area contributed by atoms with Gasteiger partial charge in [-0.05, 0) is 5.56 Å². The number of benzene rings is 1. The van der Waals surface area contributed by atoms with Gasteiger partial charge in [-0.1, -0.05) is 30.3 Å². The van der Waals surface area contributed by atoms with Crippen LogP contribution in [0, 0.1) is 0 Å². The second kappa shape index (κ2) is 6.91. The van der Waals surface area contributed by atoms with Crippen LogP contribution in [0.4, 0.5) is 4.79 Å². The Kier molecular flexibility index (Phi) is 5.52. The monoisotopic (exact) mass is 281 g/mol. The van der Waals surface area contributed by atoms with Crippen molar-refractivity contribution in [3.05, 3.63) is 35.9 Å². The number of carboxylic acids is 1. The zero-order valence-corrected chi connectivity index (χ0v) is 12.0. The molecule has 110 valence electrons. The highest BCUT2D eigenvalue weighted by atomic mass is 16.5. The third-order valence-corrected chi connectivity index (χ3v) is 2.53. The highest BCUT2D eigenvalue weighted by Crippen LogP contribution is 2.01. The molecule has 0 saturated carbocycles. The fourth-order valence-corrected chi connectivity index (χ4v) is 1.64. The smallest absolute Gasteiger partial charge is 0.408 e. The summed E-state index contributed by atoms with van der Waals surface area (Å²) in [6.45, 7) is 0.388. The lowest BCUT2D eigenvalue weighted by Gasteiger charge is -2.27. The van der Waals surface area contributed by atoms with Crippen LogP contribution in [0.5, 0.6) is 0 Å². The number of hydrogen-bond acceptors (Lipinski definition) is 3. The maximum atomic E-state index is 11.6. The van der Waals surface area contributed by atoms with Crippen molar-refractivity contribution in [2.24, 2.45) is 0 Å². The molecule has 0 saturated heterocycles. The molecule has 0 aromatic heterocycles. The van der Waals surface area contributed by atoms with Crippen LogP contribution in [0.2, 0.25) is 0 Å². The lowest BCUT2D eigenvalue weighted by atomic mass is 10.2. The van der Waals surface area contributed by atoms with E-state index in [1.165, 1.54) is 0 Å². The molecular formula is C14H21N2O4+. The Hall–Kier alpha value is -2.08. The quantitative estimate of drug-likeness (QED) is 0.765. The van der Waals surface area contributed by atoms with Gasteiger partial charge in [-0.15, -0.1) is 0 Å². The van der Waals surface area contributed by atoms with Gasteiger partial charge in [-0.25, -0.2) is 9.59 Å². The van der Waals surface area contributed by atoms with Crippen molar-refractivity contribution < 1.29 is 23.9 Å². The Morgan fingerprint density at radius 1 is 1.25 bits per heavy atom. The van der Waals surface area contributed by atoms with Crippen molar-refractivity contribution in [2.45, 2.75) is 12.6 Å². The summed E-state index contributed by atoms with van der Waals surface area (Å²) >= 11 is 0. The summed E-state index contributed by atoms with van der Waals surface area (Å²) in [6, 6.07) is 8.23. The van der Waals surface area contributed by atoms with Gasteiger partial charge in [0, 0.05) is 0 Å². The highest BCUT2D eigenvalue weighted by Gasteiger charge is 2.27. The minimum Gasteiger partial charge on any atom is -0.480 e. The minimum atomic E-state index is -1.07. The molecule has 6 heteroatoms. The van der Waals surface area contributed by atoms with Gasteiger partial charge >= 0.3 is 12.1 Å². The molecule has 0 aliphatic rings. The van der Waals surface area contributed by atoms with Gasteiger partial charge in [0.15, 0.2) is 6.04 Å². The molecule has 0 aliphatic heterocycles. The molecule has 1 atom stereocenters. The average Bonchev–Trinajstić information content (AvgIpc) is 2.35. The van der Waals surface area contributed by atoms with Crippen molar-refractivity contribution in [1.82, 2.24) is 5.32 Å². The number of carbonyl (C=O) groups is 2. The fraction of sp³-hybridized carbons (Fsp3) is 0.429. The molecule has 0 spiro atoms. The van der Waals surface area contributed by atoms with E-state index in [-0.39, 0.29) is 13.2 Å². The Morgan fingerprint density at radius 3 is 2.35 bits per heavy atom. The van der Waals surface area contributed by atoms with E-state index in [1.54, 1.807) is 0 Å². The van der Waals surface area contributed by atoms with Crippen LogP contribution in [0.3, 0.4) is 0 Å². The van der Waals surface area contributed by atoms with Crippen LogP contribution in [0.25, 0.3) is 0 Å². The molecule has 1 rings (SSSR count). The summed E-state index contributed by atoms with van der Waals surface area (Å²) in [6.07, 6.45) is -0.727. The number of likely N-dealkylation sites (N-methyl/N-ethyl adjacent to an activating group) is 1. The second-order valence-electron chi connectivity index (χ2n) is 5.57. The SMILES string of the molecule is C[N+](C)(C)C[C@H](NC(=O)OCc1ccccc1)C(=O)O. The summed E-state index contributed by atoms with van der Waals surface area (Å²) in [4.78, 5) is 22.7. The van der Waals surface area contributed by atoms with Gasteiger partial charge < -0.3 is 19.6 Å². The predicted octanol–water partition coefficient (Wildman–Crippen LogP) is 1.07. The van der Waals surface area contributed by atoms with Crippen molar-refractivity contribution >= 4 is 12.1 Å². The molecule has 20 heavy (non-hydrogen) atoms. The molecule has 0 fully saturated rings. The van der Waals surface area contributed by atoms with Crippen molar-refractivity contribution in [2.75, 3.05) is 27.7 Å². The van der Waals surface area contributed by atoms with Gasteiger partial charge in [0.2, 0.25) is 0 Å². The van der Waals surface area contributed by atoms with Gasteiger partial charge in [0.1, 0.15) is 13.2 Å². The molecule has 0 bridgehead atoms. The van der Waals surface area contributed by atoms with Gasteiger partial charge in [0.05, 0.1) is 21.1 Å². The molecule has 0 unspecified atom stereocenters. The summed E-state index contributed by atoms with van der Waals surface area (Å²) in [5, 5.41) is 11.5. The van der Waals surface area contributed by atoms with Crippen LogP contribution >= 0.6 is 0 Å². The summed E-state index contributed by atoms with van der Waals surface area (Å²) in [5.74, 6) is -1.07. The molecule has 0 heterocycles. The summed E-state index contributed by atoms with van der Waals surface area (Å²) < 4.78 is 5.43. The van der Waals surface area contributed by atoms with Crippen LogP contribution < -0.4 is 5.32 Å². The standard InChI is InChI=1S/C14H20N2O4/c1-16(2,3)9-12(13(17)18)15-14(19)20-10-11-7-5-4-6-8-11/h4-8,12H,9-10H2,1-3H3,(H-,15,17,18,19)/p+1/t12-/m0/s1. The fourth-order valence-electron chi connectivity index (χ4n) is 1.64. The maximum absolute atomic E-state index is 11.6. The van der Waals surface area contributed by atoms with Gasteiger partial charge in [-0.2, -0.15) is 0 Å². The molecule has 0 radical (unpaired) electrons. The van der Waals surface area contributed by atoms with E-state index in [1.807, 2.05) is 51.5 Å². The van der Waals surface area contributed by atoms with E-state index < -0.39 is 18.1 Å². The number of ether oxygens (including phenoxy) is 1. The number of carboxylic acid groups (broad SMARTS) is 1. The third kappa shape index (κ3) is 6.19. The predicted molar refractivity (Wildman–Crippen MR) is 74.1 cm³/mol. The average molecular weight is 281 g/mol. The number of hydrogen-bond donors (Lipinski definition) is 2. The second-order valence-corrected chi connectivity index (χ2v) is 5.57. The first-order chi connectivity index (χ1) is 9.28. The van der Waals surface area contributed by atoms with E-state index in [0.29, 0.717) is 4.48 Å². The topological polar surface area (TPSA) is 75.6 Å². The normalized spacial score (nSPS) is 12.6. The van der Waals surface area contributed by atoms with Gasteiger partial charge in [-0.3, -0.25) is 0 Å². The van der Waals surface area contributed by atoms with Crippen molar-refractivity contribution in [1.29, 1.82) is 0 Å². The van der Waals surface area contributed by atoms with E-state index in [9.17, 15) is 9.59 Å². The molecule has 1 aromatic rings. The number of alkyl carbamates (subject to hydrolysis) is 1. The number of nitrogens with one attached hydrogen (secondary N) is 1. The third-order valence-electron chi connectivity index (χ3n) is 2.53. The van der Waals surface area contributed by atoms with E-state index in [2.05, 4.69) is 5.32 Å². The Morgan fingerprint density at radius 2 is 1.85 bits per heavy atom. The summed E-state index contributed by atoms with van der Waals surface area (Å²) in [7, 11) is 5.56. The molecule has 0 aliphatic carbocycles. The lowest BCUT2D eigenvalue weighted by molar-refractivity contribution is -0.870. The van der Waals surface area contributed by atoms with Crippen LogP contribution in [-0.4, -0.2) is 55.4 Å². The molecule has 2 N–H and O–H groups in total. The number of aliphatic carboxylic acids is 1. The number of quaternary nitrogens is 1. The van der Waals surface area contributed by atoms with Crippen molar-refractivity contribution in [3.63, 3.8) is 0 Å². The zero-order chi connectivity index (χ0) is 15.2. The molecular weight excluding hydrogens is 260 g/mol. The van der Waals surface area contributed by atoms with Crippen LogP contribution in [0.15, 0.2) is 30.3 Å². The summed E-state index contributed by atoms with van der Waals surface area (Å²) in [5.41, 5.74) is 0.848. The maximum Gasteiger partial charge on any atom is 0.408 e. The first-order valence-corrected chi connectivity index (χ1v) is 6.28.